The Hall–Kier alpha value is -1.91. The van der Waals surface area contributed by atoms with Crippen molar-refractivity contribution in [2.24, 2.45) is 0 Å². The van der Waals surface area contributed by atoms with Gasteiger partial charge in [-0.15, -0.1) is 0 Å². The highest BCUT2D eigenvalue weighted by Gasteiger charge is 2.11. The molecule has 2 aromatic carbocycles. The second-order valence-corrected chi connectivity index (χ2v) is 4.99. The molecule has 0 heterocycles. The lowest BCUT2D eigenvalue weighted by molar-refractivity contribution is 0.0947. The van der Waals surface area contributed by atoms with Gasteiger partial charge in [0.1, 0.15) is 5.82 Å². The van der Waals surface area contributed by atoms with Crippen molar-refractivity contribution in [2.75, 3.05) is 7.11 Å². The lowest BCUT2D eigenvalue weighted by Crippen LogP contribution is -2.23. The van der Waals surface area contributed by atoms with Crippen LogP contribution in [0.3, 0.4) is 0 Å². The molecule has 0 bridgehead atoms. The number of ether oxygens (including phenoxy) is 1. The van der Waals surface area contributed by atoms with Crippen LogP contribution in [0.25, 0.3) is 0 Å². The molecule has 0 aliphatic heterocycles. The van der Waals surface area contributed by atoms with E-state index in [0.29, 0.717) is 18.2 Å². The summed E-state index contributed by atoms with van der Waals surface area (Å²) in [6.45, 7) is 0.860. The molecule has 110 valence electrons. The minimum Gasteiger partial charge on any atom is -0.380 e. The molecular weight excluding hydrogens is 293 g/mol. The summed E-state index contributed by atoms with van der Waals surface area (Å²) in [6.07, 6.45) is 0. The number of amides is 1. The van der Waals surface area contributed by atoms with Crippen LogP contribution in [0.4, 0.5) is 4.39 Å². The first kappa shape index (κ1) is 15.5. The Kier molecular flexibility index (Phi) is 5.31. The van der Waals surface area contributed by atoms with Crippen LogP contribution in [0.1, 0.15) is 21.5 Å². The maximum atomic E-state index is 13.6. The van der Waals surface area contributed by atoms with Gasteiger partial charge in [-0.3, -0.25) is 4.79 Å². The maximum absolute atomic E-state index is 13.6. The third-order valence-corrected chi connectivity index (χ3v) is 3.20. The van der Waals surface area contributed by atoms with E-state index in [9.17, 15) is 9.18 Å². The molecule has 21 heavy (non-hydrogen) atoms. The Balaban J connectivity index is 1.99. The summed E-state index contributed by atoms with van der Waals surface area (Å²) in [5, 5.41) is 2.99. The van der Waals surface area contributed by atoms with Crippen molar-refractivity contribution in [3.05, 3.63) is 70.0 Å². The van der Waals surface area contributed by atoms with E-state index >= 15 is 0 Å². The van der Waals surface area contributed by atoms with Gasteiger partial charge in [0.05, 0.1) is 12.2 Å². The third-order valence-electron chi connectivity index (χ3n) is 2.96. The monoisotopic (exact) mass is 307 g/mol. The summed E-state index contributed by atoms with van der Waals surface area (Å²) in [5.41, 5.74) is 1.91. The molecular formula is C16H15ClFNO2. The molecule has 0 unspecified atom stereocenters. The second kappa shape index (κ2) is 7.20. The van der Waals surface area contributed by atoms with Gasteiger partial charge in [0.15, 0.2) is 0 Å². The van der Waals surface area contributed by atoms with Crippen LogP contribution in [0.2, 0.25) is 5.02 Å². The molecule has 2 aromatic rings. The van der Waals surface area contributed by atoms with E-state index in [1.807, 2.05) is 24.3 Å². The highest BCUT2D eigenvalue weighted by atomic mass is 35.5. The first-order chi connectivity index (χ1) is 10.1. The van der Waals surface area contributed by atoms with Crippen molar-refractivity contribution < 1.29 is 13.9 Å². The molecule has 1 amide bonds. The molecule has 0 aromatic heterocycles. The normalized spacial score (nSPS) is 10.4. The SMILES string of the molecule is COCc1ccc(CNC(=O)c2cc(Cl)ccc2F)cc1. The molecule has 0 radical (unpaired) electrons. The standard InChI is InChI=1S/C16H15ClFNO2/c1-21-10-12-4-2-11(3-5-12)9-19-16(20)14-8-13(17)6-7-15(14)18/h2-8H,9-10H2,1H3,(H,19,20). The van der Waals surface area contributed by atoms with Crippen LogP contribution in [-0.2, 0) is 17.9 Å². The number of hydrogen-bond donors (Lipinski definition) is 1. The van der Waals surface area contributed by atoms with E-state index in [1.165, 1.54) is 18.2 Å². The zero-order valence-electron chi connectivity index (χ0n) is 11.5. The summed E-state index contributed by atoms with van der Waals surface area (Å²) in [7, 11) is 1.63. The lowest BCUT2D eigenvalue weighted by Gasteiger charge is -2.07. The third kappa shape index (κ3) is 4.28. The number of carbonyl (C=O) groups is 1. The van der Waals surface area contributed by atoms with Crippen molar-refractivity contribution in [2.45, 2.75) is 13.2 Å². The van der Waals surface area contributed by atoms with Crippen LogP contribution in [-0.4, -0.2) is 13.0 Å². The van der Waals surface area contributed by atoms with Gasteiger partial charge in [-0.1, -0.05) is 35.9 Å². The summed E-state index contributed by atoms with van der Waals surface area (Å²) in [6, 6.07) is 11.5. The smallest absolute Gasteiger partial charge is 0.254 e. The molecule has 0 fully saturated rings. The number of benzene rings is 2. The van der Waals surface area contributed by atoms with Crippen molar-refractivity contribution in [1.29, 1.82) is 0 Å². The molecule has 0 atom stereocenters. The minimum absolute atomic E-state index is 0.0569. The van der Waals surface area contributed by atoms with Gasteiger partial charge < -0.3 is 10.1 Å². The maximum Gasteiger partial charge on any atom is 0.254 e. The summed E-state index contributed by atoms with van der Waals surface area (Å²) in [5.74, 6) is -1.08. The van der Waals surface area contributed by atoms with Gasteiger partial charge in [-0.25, -0.2) is 4.39 Å². The van der Waals surface area contributed by atoms with Crippen LogP contribution in [0.15, 0.2) is 42.5 Å². The van der Waals surface area contributed by atoms with Gasteiger partial charge in [0, 0.05) is 18.7 Å². The average Bonchev–Trinajstić information content (AvgIpc) is 2.49. The number of carbonyl (C=O) groups excluding carboxylic acids is 1. The van der Waals surface area contributed by atoms with Crippen LogP contribution < -0.4 is 5.32 Å². The van der Waals surface area contributed by atoms with Crippen molar-refractivity contribution in [3.8, 4) is 0 Å². The lowest BCUT2D eigenvalue weighted by atomic mass is 10.1. The van der Waals surface area contributed by atoms with Crippen LogP contribution in [0.5, 0.6) is 0 Å². The quantitative estimate of drug-likeness (QED) is 0.917. The molecule has 1 N–H and O–H groups in total. The van der Waals surface area contributed by atoms with Gasteiger partial charge in [-0.05, 0) is 29.3 Å². The number of hydrogen-bond acceptors (Lipinski definition) is 2. The van der Waals surface area contributed by atoms with Crippen molar-refractivity contribution in [1.82, 2.24) is 5.32 Å². The van der Waals surface area contributed by atoms with Crippen molar-refractivity contribution in [3.63, 3.8) is 0 Å². The van der Waals surface area contributed by atoms with Gasteiger partial charge in [0.25, 0.3) is 5.91 Å². The molecule has 0 aliphatic rings. The number of nitrogens with one attached hydrogen (secondary N) is 1. The minimum atomic E-state index is -0.590. The first-order valence-electron chi connectivity index (χ1n) is 6.40. The summed E-state index contributed by atoms with van der Waals surface area (Å²) >= 11 is 5.77. The van der Waals surface area contributed by atoms with Crippen molar-refractivity contribution >= 4 is 17.5 Å². The molecule has 0 spiro atoms. The van der Waals surface area contributed by atoms with E-state index < -0.39 is 11.7 Å². The van der Waals surface area contributed by atoms with E-state index in [-0.39, 0.29) is 5.56 Å². The predicted octanol–water partition coefficient (Wildman–Crippen LogP) is 3.56. The molecule has 5 heteroatoms. The second-order valence-electron chi connectivity index (χ2n) is 4.56. The Morgan fingerprint density at radius 2 is 1.86 bits per heavy atom. The molecule has 0 aliphatic carbocycles. The fraction of sp³-hybridized carbons (Fsp3) is 0.188. The Morgan fingerprint density at radius 3 is 2.52 bits per heavy atom. The number of methoxy groups -OCH3 is 1. The molecule has 0 saturated carbocycles. The highest BCUT2D eigenvalue weighted by molar-refractivity contribution is 6.30. The molecule has 0 saturated heterocycles. The number of halogens is 2. The van der Waals surface area contributed by atoms with Crippen LogP contribution in [0, 0.1) is 5.82 Å². The zero-order valence-corrected chi connectivity index (χ0v) is 12.3. The Morgan fingerprint density at radius 1 is 1.19 bits per heavy atom. The molecule has 3 nitrogen and oxygen atoms in total. The van der Waals surface area contributed by atoms with Crippen LogP contribution >= 0.6 is 11.6 Å². The molecule has 2 rings (SSSR count). The van der Waals surface area contributed by atoms with E-state index in [1.54, 1.807) is 7.11 Å². The summed E-state index contributed by atoms with van der Waals surface area (Å²) < 4.78 is 18.6. The Labute approximate surface area is 127 Å². The largest absolute Gasteiger partial charge is 0.380 e. The van der Waals surface area contributed by atoms with E-state index in [2.05, 4.69) is 5.32 Å². The highest BCUT2D eigenvalue weighted by Crippen LogP contribution is 2.15. The number of rotatable bonds is 5. The predicted molar refractivity (Wildman–Crippen MR) is 79.7 cm³/mol. The topological polar surface area (TPSA) is 38.3 Å². The van der Waals surface area contributed by atoms with Gasteiger partial charge in [0.2, 0.25) is 0 Å². The van der Waals surface area contributed by atoms with Gasteiger partial charge >= 0.3 is 0 Å². The van der Waals surface area contributed by atoms with Gasteiger partial charge in [-0.2, -0.15) is 0 Å². The Bertz CT molecular complexity index is 629. The fourth-order valence-electron chi connectivity index (χ4n) is 1.87. The zero-order chi connectivity index (χ0) is 15.2. The first-order valence-corrected chi connectivity index (χ1v) is 6.78. The summed E-state index contributed by atoms with van der Waals surface area (Å²) in [4.78, 5) is 11.9. The van der Waals surface area contributed by atoms with E-state index in [4.69, 9.17) is 16.3 Å². The van der Waals surface area contributed by atoms with E-state index in [0.717, 1.165) is 11.1 Å². The fourth-order valence-corrected chi connectivity index (χ4v) is 2.04. The average molecular weight is 308 g/mol.